The number of thiophene rings is 1. The maximum absolute atomic E-state index is 13.5. The van der Waals surface area contributed by atoms with Crippen molar-refractivity contribution in [1.29, 1.82) is 0 Å². The minimum absolute atomic E-state index is 0.228. The third kappa shape index (κ3) is 3.17. The van der Waals surface area contributed by atoms with Gasteiger partial charge in [-0.25, -0.2) is 8.78 Å². The van der Waals surface area contributed by atoms with Crippen LogP contribution in [0.25, 0.3) is 0 Å². The smallest absolute Gasteiger partial charge is 0.256 e. The lowest BCUT2D eigenvalue weighted by atomic mass is 10.1. The first kappa shape index (κ1) is 13.7. The van der Waals surface area contributed by atoms with Gasteiger partial charge >= 0.3 is 0 Å². The van der Waals surface area contributed by atoms with Gasteiger partial charge in [-0.2, -0.15) is 0 Å². The van der Waals surface area contributed by atoms with Crippen LogP contribution in [0.2, 0.25) is 0 Å². The lowest BCUT2D eigenvalue weighted by molar-refractivity contribution is 0.0791. The zero-order chi connectivity index (χ0) is 13.8. The molecule has 0 aliphatic carbocycles. The van der Waals surface area contributed by atoms with Crippen molar-refractivity contribution in [2.45, 2.75) is 6.42 Å². The number of carbonyl (C=O) groups is 1. The van der Waals surface area contributed by atoms with Gasteiger partial charge in [0.2, 0.25) is 0 Å². The second kappa shape index (κ2) is 5.93. The van der Waals surface area contributed by atoms with Crippen LogP contribution >= 0.6 is 11.3 Å². The molecule has 5 heteroatoms. The van der Waals surface area contributed by atoms with E-state index in [1.807, 2.05) is 17.5 Å². The molecule has 0 aliphatic rings. The third-order valence-corrected chi connectivity index (χ3v) is 3.74. The molecule has 0 N–H and O–H groups in total. The minimum atomic E-state index is -1.09. The molecule has 0 atom stereocenters. The molecule has 1 amide bonds. The van der Waals surface area contributed by atoms with Crippen LogP contribution in [0, 0.1) is 11.6 Å². The van der Waals surface area contributed by atoms with E-state index in [4.69, 9.17) is 0 Å². The monoisotopic (exact) mass is 281 g/mol. The second-order valence-corrected chi connectivity index (χ2v) is 5.19. The molecule has 1 aromatic heterocycles. The van der Waals surface area contributed by atoms with Gasteiger partial charge in [0.15, 0.2) is 11.6 Å². The van der Waals surface area contributed by atoms with Crippen LogP contribution in [0.4, 0.5) is 8.78 Å². The molecule has 0 unspecified atom stereocenters. The Bertz CT molecular complexity index is 569. The fraction of sp³-hybridized carbons (Fsp3) is 0.214. The average molecular weight is 281 g/mol. The van der Waals surface area contributed by atoms with Gasteiger partial charge < -0.3 is 4.90 Å². The van der Waals surface area contributed by atoms with Crippen LogP contribution in [0.5, 0.6) is 0 Å². The zero-order valence-corrected chi connectivity index (χ0v) is 11.2. The SMILES string of the molecule is CN(CCc1cccs1)C(=O)c1cccc(F)c1F. The molecule has 0 bridgehead atoms. The highest BCUT2D eigenvalue weighted by molar-refractivity contribution is 7.09. The maximum Gasteiger partial charge on any atom is 0.256 e. The number of hydrogen-bond donors (Lipinski definition) is 0. The van der Waals surface area contributed by atoms with Crippen molar-refractivity contribution in [2.24, 2.45) is 0 Å². The van der Waals surface area contributed by atoms with E-state index >= 15 is 0 Å². The fourth-order valence-corrected chi connectivity index (χ4v) is 2.41. The number of amides is 1. The quantitative estimate of drug-likeness (QED) is 0.841. The van der Waals surface area contributed by atoms with Crippen LogP contribution in [-0.2, 0) is 6.42 Å². The van der Waals surface area contributed by atoms with Crippen LogP contribution in [0.15, 0.2) is 35.7 Å². The Kier molecular flexibility index (Phi) is 4.27. The van der Waals surface area contributed by atoms with Crippen molar-refractivity contribution in [3.05, 3.63) is 57.8 Å². The summed E-state index contributed by atoms with van der Waals surface area (Å²) in [5.74, 6) is -2.60. The summed E-state index contributed by atoms with van der Waals surface area (Å²) >= 11 is 1.61. The van der Waals surface area contributed by atoms with Gasteiger partial charge in [0.1, 0.15) is 0 Å². The predicted octanol–water partition coefficient (Wildman–Crippen LogP) is 3.34. The van der Waals surface area contributed by atoms with E-state index in [2.05, 4.69) is 0 Å². The Morgan fingerprint density at radius 1 is 1.26 bits per heavy atom. The fourth-order valence-electron chi connectivity index (χ4n) is 1.71. The summed E-state index contributed by atoms with van der Waals surface area (Å²) in [6.45, 7) is 0.468. The third-order valence-electron chi connectivity index (χ3n) is 2.80. The van der Waals surface area contributed by atoms with Gasteiger partial charge in [0, 0.05) is 18.5 Å². The second-order valence-electron chi connectivity index (χ2n) is 4.16. The molecule has 0 saturated heterocycles. The molecule has 0 saturated carbocycles. The molecule has 0 aliphatic heterocycles. The number of halogens is 2. The molecule has 1 aromatic carbocycles. The standard InChI is InChI=1S/C14H13F2NOS/c1-17(8-7-10-4-3-9-19-10)14(18)11-5-2-6-12(15)13(11)16/h2-6,9H,7-8H2,1H3. The number of benzene rings is 1. The minimum Gasteiger partial charge on any atom is -0.341 e. The van der Waals surface area contributed by atoms with Gasteiger partial charge in [0.05, 0.1) is 5.56 Å². The first-order chi connectivity index (χ1) is 9.09. The highest BCUT2D eigenvalue weighted by Gasteiger charge is 2.18. The largest absolute Gasteiger partial charge is 0.341 e. The van der Waals surface area contributed by atoms with E-state index in [0.29, 0.717) is 13.0 Å². The summed E-state index contributed by atoms with van der Waals surface area (Å²) in [6, 6.07) is 7.54. The molecule has 2 aromatic rings. The van der Waals surface area contributed by atoms with Crippen LogP contribution < -0.4 is 0 Å². The summed E-state index contributed by atoms with van der Waals surface area (Å²) < 4.78 is 26.6. The Hall–Kier alpha value is -1.75. The molecule has 0 spiro atoms. The Labute approximate surface area is 114 Å². The van der Waals surface area contributed by atoms with Crippen LogP contribution in [0.3, 0.4) is 0 Å². The highest BCUT2D eigenvalue weighted by Crippen LogP contribution is 2.14. The molecule has 2 rings (SSSR count). The lowest BCUT2D eigenvalue weighted by Crippen LogP contribution is -2.29. The van der Waals surface area contributed by atoms with Gasteiger partial charge in [-0.05, 0) is 30.0 Å². The van der Waals surface area contributed by atoms with E-state index in [9.17, 15) is 13.6 Å². The predicted molar refractivity (Wildman–Crippen MR) is 71.3 cm³/mol. The summed E-state index contributed by atoms with van der Waals surface area (Å²) in [5, 5.41) is 1.96. The number of hydrogen-bond acceptors (Lipinski definition) is 2. The normalized spacial score (nSPS) is 10.5. The molecular weight excluding hydrogens is 268 g/mol. The Balaban J connectivity index is 2.04. The van der Waals surface area contributed by atoms with Crippen LogP contribution in [0.1, 0.15) is 15.2 Å². The summed E-state index contributed by atoms with van der Waals surface area (Å²) in [6.07, 6.45) is 0.705. The van der Waals surface area contributed by atoms with Crippen LogP contribution in [-0.4, -0.2) is 24.4 Å². The van der Waals surface area contributed by atoms with E-state index < -0.39 is 17.5 Å². The average Bonchev–Trinajstić information content (AvgIpc) is 2.91. The Morgan fingerprint density at radius 2 is 2.05 bits per heavy atom. The van der Waals surface area contributed by atoms with E-state index in [-0.39, 0.29) is 5.56 Å². The van der Waals surface area contributed by atoms with Crippen molar-refractivity contribution in [1.82, 2.24) is 4.90 Å². The van der Waals surface area contributed by atoms with Crippen molar-refractivity contribution in [3.63, 3.8) is 0 Å². The summed E-state index contributed by atoms with van der Waals surface area (Å²) in [5.41, 5.74) is -0.228. The number of carbonyl (C=O) groups excluding carboxylic acids is 1. The zero-order valence-electron chi connectivity index (χ0n) is 10.4. The van der Waals surface area contributed by atoms with Gasteiger partial charge in [-0.15, -0.1) is 11.3 Å². The summed E-state index contributed by atoms with van der Waals surface area (Å²) in [4.78, 5) is 14.6. The molecule has 0 radical (unpaired) electrons. The van der Waals surface area contributed by atoms with Gasteiger partial charge in [-0.1, -0.05) is 12.1 Å². The maximum atomic E-state index is 13.5. The topological polar surface area (TPSA) is 20.3 Å². The number of likely N-dealkylation sites (N-methyl/N-ethyl adjacent to an activating group) is 1. The molecule has 0 fully saturated rings. The lowest BCUT2D eigenvalue weighted by Gasteiger charge is -2.17. The molecule has 1 heterocycles. The number of rotatable bonds is 4. The van der Waals surface area contributed by atoms with E-state index in [1.54, 1.807) is 18.4 Å². The molecule has 100 valence electrons. The van der Waals surface area contributed by atoms with Gasteiger partial charge in [0.25, 0.3) is 5.91 Å². The van der Waals surface area contributed by atoms with E-state index in [1.165, 1.54) is 17.0 Å². The molecule has 19 heavy (non-hydrogen) atoms. The van der Waals surface area contributed by atoms with Crippen molar-refractivity contribution < 1.29 is 13.6 Å². The van der Waals surface area contributed by atoms with Crippen molar-refractivity contribution >= 4 is 17.2 Å². The Morgan fingerprint density at radius 3 is 2.74 bits per heavy atom. The first-order valence-corrected chi connectivity index (χ1v) is 6.69. The van der Waals surface area contributed by atoms with E-state index in [0.717, 1.165) is 10.9 Å². The highest BCUT2D eigenvalue weighted by atomic mass is 32.1. The molecule has 2 nitrogen and oxygen atoms in total. The van der Waals surface area contributed by atoms with Crippen molar-refractivity contribution in [2.75, 3.05) is 13.6 Å². The molecular formula is C14H13F2NOS. The van der Waals surface area contributed by atoms with Gasteiger partial charge in [-0.3, -0.25) is 4.79 Å². The van der Waals surface area contributed by atoms with Crippen molar-refractivity contribution in [3.8, 4) is 0 Å². The number of nitrogens with zero attached hydrogens (tertiary/aromatic N) is 1. The summed E-state index contributed by atoms with van der Waals surface area (Å²) in [7, 11) is 1.58. The first-order valence-electron chi connectivity index (χ1n) is 5.81.